The number of pyridine rings is 1. The van der Waals surface area contributed by atoms with E-state index >= 15 is 0 Å². The highest BCUT2D eigenvalue weighted by Gasteiger charge is 2.24. The second-order valence-corrected chi connectivity index (χ2v) is 9.13. The quantitative estimate of drug-likeness (QED) is 0.212. The number of furan rings is 1. The molecule has 0 atom stereocenters. The summed E-state index contributed by atoms with van der Waals surface area (Å²) in [6, 6.07) is 19.2. The van der Waals surface area contributed by atoms with Crippen molar-refractivity contribution in [3.05, 3.63) is 83.3 Å². The van der Waals surface area contributed by atoms with Crippen molar-refractivity contribution >= 4 is 38.4 Å². The Kier molecular flexibility index (Phi) is 4.30. The summed E-state index contributed by atoms with van der Waals surface area (Å²) >= 11 is 0. The van der Waals surface area contributed by atoms with Gasteiger partial charge in [0, 0.05) is 16.8 Å². The first-order chi connectivity index (χ1) is 15.6. The van der Waals surface area contributed by atoms with Crippen LogP contribution in [-0.4, -0.2) is 0 Å². The Morgan fingerprint density at radius 2 is 1.75 bits per heavy atom. The van der Waals surface area contributed by atoms with Gasteiger partial charge in [-0.3, -0.25) is 0 Å². The molecule has 5 aromatic rings. The lowest BCUT2D eigenvalue weighted by molar-refractivity contribution is -0.659. The Morgan fingerprint density at radius 3 is 2.56 bits per heavy atom. The van der Waals surface area contributed by atoms with Crippen LogP contribution in [0.4, 0.5) is 5.69 Å². The van der Waals surface area contributed by atoms with E-state index in [0.29, 0.717) is 11.6 Å². The molecule has 32 heavy (non-hydrogen) atoms. The maximum atomic E-state index is 7.38. The van der Waals surface area contributed by atoms with Crippen molar-refractivity contribution in [2.75, 3.05) is 0 Å². The van der Waals surface area contributed by atoms with Crippen molar-refractivity contribution in [2.45, 2.75) is 38.5 Å². The van der Waals surface area contributed by atoms with Crippen molar-refractivity contribution in [1.29, 1.82) is 0 Å². The number of nitrogens with zero attached hydrogens (tertiary/aromatic N) is 2. The molecular formula is C29H25N2O+. The molecule has 0 saturated heterocycles. The Bertz CT molecular complexity index is 1560. The summed E-state index contributed by atoms with van der Waals surface area (Å²) in [5.41, 5.74) is 7.32. The van der Waals surface area contributed by atoms with Crippen molar-refractivity contribution in [2.24, 2.45) is 7.05 Å². The third kappa shape index (κ3) is 2.83. The molecule has 3 heteroatoms. The van der Waals surface area contributed by atoms with Crippen LogP contribution in [0, 0.1) is 13.5 Å². The van der Waals surface area contributed by atoms with Crippen molar-refractivity contribution in [1.82, 2.24) is 0 Å². The zero-order chi connectivity index (χ0) is 21.8. The molecule has 1 saturated carbocycles. The van der Waals surface area contributed by atoms with Gasteiger partial charge in [0.15, 0.2) is 11.9 Å². The van der Waals surface area contributed by atoms with E-state index < -0.39 is 0 Å². The molecule has 6 rings (SSSR count). The number of rotatable bonds is 2. The second-order valence-electron chi connectivity index (χ2n) is 9.13. The summed E-state index contributed by atoms with van der Waals surface area (Å²) in [4.78, 5) is 3.61. The van der Waals surface area contributed by atoms with Crippen LogP contribution < -0.4 is 4.57 Å². The lowest BCUT2D eigenvalue weighted by atomic mass is 9.92. The van der Waals surface area contributed by atoms with E-state index in [2.05, 4.69) is 66.0 Å². The van der Waals surface area contributed by atoms with Crippen LogP contribution in [0.25, 0.3) is 48.8 Å². The standard InChI is InChI=1S/C29H25N2O/c1-18-8-11-24-25-17-22(30-2)10-13-26(25)32-29(24)27(18)28-23-12-9-20(19-6-4-5-7-19)16-21(23)14-15-31(28)3/h8-17,19H,4-7H2,1,3H3/q+1. The van der Waals surface area contributed by atoms with Crippen LogP contribution in [0.5, 0.6) is 0 Å². The van der Waals surface area contributed by atoms with Crippen LogP contribution in [0.3, 0.4) is 0 Å². The summed E-state index contributed by atoms with van der Waals surface area (Å²) < 4.78 is 8.62. The molecule has 1 aliphatic carbocycles. The van der Waals surface area contributed by atoms with Crippen molar-refractivity contribution < 1.29 is 8.98 Å². The first kappa shape index (κ1) is 19.1. The van der Waals surface area contributed by atoms with Gasteiger partial charge in [-0.05, 0) is 60.4 Å². The third-order valence-corrected chi connectivity index (χ3v) is 7.18. The molecule has 0 amide bonds. The van der Waals surface area contributed by atoms with E-state index in [4.69, 9.17) is 11.0 Å². The van der Waals surface area contributed by atoms with E-state index in [1.807, 2.05) is 18.2 Å². The first-order valence-electron chi connectivity index (χ1n) is 11.4. The van der Waals surface area contributed by atoms with Gasteiger partial charge in [-0.15, -0.1) is 0 Å². The number of aryl methyl sites for hydroxylation is 2. The predicted octanol–water partition coefficient (Wildman–Crippen LogP) is 7.75. The molecule has 1 fully saturated rings. The molecule has 1 aliphatic rings. The summed E-state index contributed by atoms with van der Waals surface area (Å²) in [5.74, 6) is 0.703. The minimum atomic E-state index is 0.637. The lowest BCUT2D eigenvalue weighted by Crippen LogP contribution is -2.30. The highest BCUT2D eigenvalue weighted by molar-refractivity contribution is 6.12. The molecule has 0 aliphatic heterocycles. The van der Waals surface area contributed by atoms with Gasteiger partial charge in [0.2, 0.25) is 5.69 Å². The first-order valence-corrected chi connectivity index (χ1v) is 11.4. The number of hydrogen-bond donors (Lipinski definition) is 0. The van der Waals surface area contributed by atoms with E-state index in [1.165, 1.54) is 53.3 Å². The molecule has 2 heterocycles. The molecule has 0 radical (unpaired) electrons. The molecule has 2 aromatic heterocycles. The fraction of sp³-hybridized carbons (Fsp3) is 0.241. The van der Waals surface area contributed by atoms with Gasteiger partial charge in [0.1, 0.15) is 18.2 Å². The molecule has 0 N–H and O–H groups in total. The van der Waals surface area contributed by atoms with Gasteiger partial charge in [-0.1, -0.05) is 43.2 Å². The second kappa shape index (κ2) is 7.21. The minimum absolute atomic E-state index is 0.637. The Labute approximate surface area is 187 Å². The third-order valence-electron chi connectivity index (χ3n) is 7.18. The molecule has 0 bridgehead atoms. The fourth-order valence-corrected chi connectivity index (χ4v) is 5.51. The van der Waals surface area contributed by atoms with Gasteiger partial charge in [0.05, 0.1) is 17.5 Å². The highest BCUT2D eigenvalue weighted by Crippen LogP contribution is 2.41. The summed E-state index contributed by atoms with van der Waals surface area (Å²) in [7, 11) is 2.11. The lowest BCUT2D eigenvalue weighted by Gasteiger charge is -2.12. The minimum Gasteiger partial charge on any atom is -0.455 e. The van der Waals surface area contributed by atoms with E-state index in [-0.39, 0.29) is 0 Å². The largest absolute Gasteiger partial charge is 0.455 e. The van der Waals surface area contributed by atoms with Gasteiger partial charge < -0.3 is 4.42 Å². The van der Waals surface area contributed by atoms with Crippen LogP contribution in [0.15, 0.2) is 65.2 Å². The highest BCUT2D eigenvalue weighted by atomic mass is 16.3. The zero-order valence-electron chi connectivity index (χ0n) is 18.5. The smallest absolute Gasteiger partial charge is 0.224 e. The van der Waals surface area contributed by atoms with E-state index in [9.17, 15) is 0 Å². The van der Waals surface area contributed by atoms with Crippen LogP contribution >= 0.6 is 0 Å². The topological polar surface area (TPSA) is 21.4 Å². The molecule has 156 valence electrons. The number of benzene rings is 3. The number of aromatic nitrogens is 1. The number of hydrogen-bond acceptors (Lipinski definition) is 1. The van der Waals surface area contributed by atoms with Gasteiger partial charge in [0.25, 0.3) is 0 Å². The summed E-state index contributed by atoms with van der Waals surface area (Å²) in [6.45, 7) is 9.53. The Hall–Kier alpha value is -3.64. The molecule has 0 unspecified atom stereocenters. The average molecular weight is 418 g/mol. The normalized spacial score (nSPS) is 14.5. The van der Waals surface area contributed by atoms with Crippen molar-refractivity contribution in [3.8, 4) is 11.3 Å². The molecule has 3 aromatic carbocycles. The van der Waals surface area contributed by atoms with Crippen molar-refractivity contribution in [3.63, 3.8) is 0 Å². The maximum Gasteiger partial charge on any atom is 0.224 e. The van der Waals surface area contributed by atoms with Gasteiger partial charge in [-0.25, -0.2) is 9.41 Å². The van der Waals surface area contributed by atoms with Crippen LogP contribution in [-0.2, 0) is 7.05 Å². The average Bonchev–Trinajstić information content (AvgIpc) is 3.47. The Morgan fingerprint density at radius 1 is 0.938 bits per heavy atom. The molecule has 3 nitrogen and oxygen atoms in total. The number of fused-ring (bicyclic) bond motifs is 4. The molecular weight excluding hydrogens is 392 g/mol. The maximum absolute atomic E-state index is 7.38. The summed E-state index contributed by atoms with van der Waals surface area (Å²) in [5, 5.41) is 4.59. The predicted molar refractivity (Wildman–Crippen MR) is 130 cm³/mol. The van der Waals surface area contributed by atoms with E-state index in [0.717, 1.165) is 27.5 Å². The molecule has 0 spiro atoms. The Balaban J connectivity index is 1.64. The SMILES string of the molecule is [C-]#[N+]c1ccc2oc3c(-c4c5ccc(C6CCCC6)cc5cc[n+]4C)c(C)ccc3c2c1. The monoisotopic (exact) mass is 417 g/mol. The van der Waals surface area contributed by atoms with Crippen LogP contribution in [0.1, 0.15) is 42.7 Å². The zero-order valence-corrected chi connectivity index (χ0v) is 18.5. The van der Waals surface area contributed by atoms with Gasteiger partial charge >= 0.3 is 0 Å². The summed E-state index contributed by atoms with van der Waals surface area (Å²) in [6.07, 6.45) is 7.47. The van der Waals surface area contributed by atoms with Gasteiger partial charge in [-0.2, -0.15) is 0 Å². The van der Waals surface area contributed by atoms with E-state index in [1.54, 1.807) is 0 Å². The van der Waals surface area contributed by atoms with Crippen LogP contribution in [0.2, 0.25) is 0 Å². The fourth-order valence-electron chi connectivity index (χ4n) is 5.51.